The second kappa shape index (κ2) is 14.1. The van der Waals surface area contributed by atoms with Gasteiger partial charge in [0.1, 0.15) is 5.75 Å². The van der Waals surface area contributed by atoms with Crippen LogP contribution in [0.1, 0.15) is 41.5 Å². The van der Waals surface area contributed by atoms with Crippen molar-refractivity contribution in [1.29, 1.82) is 0 Å². The summed E-state index contributed by atoms with van der Waals surface area (Å²) in [6.07, 6.45) is 6.61. The maximum Gasteiger partial charge on any atom is 0.346 e. The van der Waals surface area contributed by atoms with Crippen molar-refractivity contribution in [3.63, 3.8) is 0 Å². The highest BCUT2D eigenvalue weighted by molar-refractivity contribution is 7.51. The molecule has 0 radical (unpaired) electrons. The Labute approximate surface area is 262 Å². The number of rotatable bonds is 11. The number of fused-ring (bicyclic) bond motifs is 1. The number of carbonyl (C=O) groups is 2. The number of anilines is 2. The predicted octanol–water partition coefficient (Wildman–Crippen LogP) is 6.22. The fourth-order valence-electron chi connectivity index (χ4n) is 5.38. The molecule has 3 N–H and O–H groups in total. The van der Waals surface area contributed by atoms with Gasteiger partial charge in [-0.3, -0.25) is 14.0 Å². The lowest BCUT2D eigenvalue weighted by molar-refractivity contribution is -0.118. The fraction of sp³-hybridized carbons (Fsp3) is 0.303. The number of aryl methyl sites for hydroxylation is 1. The van der Waals surface area contributed by atoms with Crippen LogP contribution in [0.2, 0.25) is 0 Å². The van der Waals surface area contributed by atoms with Gasteiger partial charge < -0.3 is 19.8 Å². The summed E-state index contributed by atoms with van der Waals surface area (Å²) in [5.74, 6) is 0.967. The Morgan fingerprint density at radius 3 is 2.71 bits per heavy atom. The number of ether oxygens (including phenoxy) is 1. The molecule has 0 spiro atoms. The first kappa shape index (κ1) is 32.0. The molecule has 0 bridgehead atoms. The number of hydrogen-bond acceptors (Lipinski definition) is 6. The van der Waals surface area contributed by atoms with Gasteiger partial charge in [0.05, 0.1) is 19.3 Å². The van der Waals surface area contributed by atoms with Gasteiger partial charge in [0.15, 0.2) is 0 Å². The average molecular weight is 632 g/mol. The molecule has 4 aromatic rings. The Kier molecular flexibility index (Phi) is 10.0. The molecule has 2 heterocycles. The molecule has 3 amide bonds. The standard InChI is InChI=1S/C33H38N5O6P/c1-23-9-4-15-31(24(23)2)43-18-8-16-32(39)38-17-7-13-29-28(12-6-14-30(29)38)26-20-34-37(22-26)21-25-10-5-11-27(19-25)35-33(40)36-44-45(3,41)42/h4-6,9-12,14-15,19-20,22H,7-8,13,16-18,21H2,1-3H3,(H,41,42)(H2,35,36,40). The van der Waals surface area contributed by atoms with Crippen LogP contribution in [0.4, 0.5) is 16.2 Å². The van der Waals surface area contributed by atoms with Crippen LogP contribution in [0.5, 0.6) is 5.75 Å². The highest BCUT2D eigenvalue weighted by atomic mass is 31.2. The number of aromatic nitrogens is 2. The predicted molar refractivity (Wildman–Crippen MR) is 174 cm³/mol. The van der Waals surface area contributed by atoms with Crippen LogP contribution in [-0.4, -0.2) is 46.4 Å². The minimum absolute atomic E-state index is 0.0992. The largest absolute Gasteiger partial charge is 0.493 e. The van der Waals surface area contributed by atoms with Crippen LogP contribution in [0, 0.1) is 13.8 Å². The molecule has 0 saturated heterocycles. The lowest BCUT2D eigenvalue weighted by atomic mass is 9.93. The van der Waals surface area contributed by atoms with Gasteiger partial charge in [-0.2, -0.15) is 9.72 Å². The van der Waals surface area contributed by atoms with E-state index in [9.17, 15) is 19.0 Å². The average Bonchev–Trinajstić information content (AvgIpc) is 3.47. The summed E-state index contributed by atoms with van der Waals surface area (Å²) in [5, 5.41) is 7.14. The van der Waals surface area contributed by atoms with Crippen molar-refractivity contribution in [3.8, 4) is 16.9 Å². The maximum atomic E-state index is 13.3. The van der Waals surface area contributed by atoms with Gasteiger partial charge in [0.2, 0.25) is 5.91 Å². The molecule has 1 unspecified atom stereocenters. The van der Waals surface area contributed by atoms with Crippen LogP contribution in [0.25, 0.3) is 11.1 Å². The Balaban J connectivity index is 1.21. The summed E-state index contributed by atoms with van der Waals surface area (Å²) in [4.78, 5) is 36.4. The first-order valence-electron chi connectivity index (χ1n) is 14.9. The summed E-state index contributed by atoms with van der Waals surface area (Å²) in [7, 11) is -3.85. The van der Waals surface area contributed by atoms with Crippen LogP contribution in [-0.2, 0) is 26.9 Å². The SMILES string of the molecule is Cc1cccc(OCCCC(=O)N2CCCc3c(-c4cnn(Cc5cccc(NC(=O)NOP(C)(=O)O)c5)c4)cccc32)c1C. The topological polar surface area (TPSA) is 135 Å². The molecule has 3 aromatic carbocycles. The van der Waals surface area contributed by atoms with Gasteiger partial charge in [0, 0.05) is 42.8 Å². The zero-order chi connectivity index (χ0) is 32.0. The smallest absolute Gasteiger partial charge is 0.346 e. The molecule has 0 saturated carbocycles. The molecule has 1 aromatic heterocycles. The van der Waals surface area contributed by atoms with E-state index in [2.05, 4.69) is 34.1 Å². The van der Waals surface area contributed by atoms with Crippen molar-refractivity contribution in [3.05, 3.63) is 95.3 Å². The van der Waals surface area contributed by atoms with Gasteiger partial charge in [-0.1, -0.05) is 36.4 Å². The van der Waals surface area contributed by atoms with E-state index in [0.717, 1.165) is 58.8 Å². The monoisotopic (exact) mass is 631 g/mol. The fourth-order valence-corrected chi connectivity index (χ4v) is 5.63. The molecule has 5 rings (SSSR count). The van der Waals surface area contributed by atoms with Crippen LogP contribution in [0.3, 0.4) is 0 Å². The molecule has 12 heteroatoms. The quantitative estimate of drug-likeness (QED) is 0.102. The summed E-state index contributed by atoms with van der Waals surface area (Å²) in [6, 6.07) is 18.5. The number of hydroxylamine groups is 1. The molecule has 0 aliphatic carbocycles. The van der Waals surface area contributed by atoms with Crippen LogP contribution in [0.15, 0.2) is 73.1 Å². The second-order valence-corrected chi connectivity index (χ2v) is 13.0. The highest BCUT2D eigenvalue weighted by Gasteiger charge is 2.25. The lowest BCUT2D eigenvalue weighted by Crippen LogP contribution is -2.35. The van der Waals surface area contributed by atoms with E-state index >= 15 is 0 Å². The number of urea groups is 1. The van der Waals surface area contributed by atoms with E-state index < -0.39 is 13.6 Å². The van der Waals surface area contributed by atoms with Crippen LogP contribution >= 0.6 is 7.60 Å². The second-order valence-electron chi connectivity index (χ2n) is 11.2. The van der Waals surface area contributed by atoms with Gasteiger partial charge in [0.25, 0.3) is 0 Å². The van der Waals surface area contributed by atoms with E-state index in [1.807, 2.05) is 64.7 Å². The summed E-state index contributed by atoms with van der Waals surface area (Å²) < 4.78 is 23.5. The Hall–Kier alpha value is -4.44. The van der Waals surface area contributed by atoms with Crippen molar-refractivity contribution in [2.75, 3.05) is 30.0 Å². The van der Waals surface area contributed by atoms with E-state index in [1.165, 1.54) is 5.56 Å². The zero-order valence-electron chi connectivity index (χ0n) is 25.7. The van der Waals surface area contributed by atoms with Gasteiger partial charge in [-0.15, -0.1) is 0 Å². The lowest BCUT2D eigenvalue weighted by Gasteiger charge is -2.31. The third-order valence-corrected chi connectivity index (χ3v) is 8.11. The molecule has 1 aliphatic heterocycles. The minimum Gasteiger partial charge on any atom is -0.493 e. The molecule has 236 valence electrons. The first-order chi connectivity index (χ1) is 21.6. The molecule has 1 atom stereocenters. The Bertz CT molecular complexity index is 1730. The van der Waals surface area contributed by atoms with Gasteiger partial charge in [-0.25, -0.2) is 10.3 Å². The van der Waals surface area contributed by atoms with E-state index in [4.69, 9.17) is 4.74 Å². The van der Waals surface area contributed by atoms with Crippen molar-refractivity contribution >= 4 is 30.9 Å². The number of benzene rings is 3. The number of nitrogens with zero attached hydrogens (tertiary/aromatic N) is 3. The molecule has 1 aliphatic rings. The zero-order valence-corrected chi connectivity index (χ0v) is 26.5. The molecule has 0 fully saturated rings. The van der Waals surface area contributed by atoms with Crippen molar-refractivity contribution < 1.29 is 28.4 Å². The maximum absolute atomic E-state index is 13.3. The molecular weight excluding hydrogens is 593 g/mol. The minimum atomic E-state index is -3.85. The first-order valence-corrected chi connectivity index (χ1v) is 16.9. The summed E-state index contributed by atoms with van der Waals surface area (Å²) in [6.45, 7) is 6.72. The van der Waals surface area contributed by atoms with Crippen molar-refractivity contribution in [2.45, 2.75) is 46.1 Å². The normalized spacial score (nSPS) is 13.9. The van der Waals surface area contributed by atoms with Crippen LogP contribution < -0.4 is 20.4 Å². The number of carbonyl (C=O) groups excluding carboxylic acids is 2. The third-order valence-electron chi connectivity index (χ3n) is 7.68. The molecule has 45 heavy (non-hydrogen) atoms. The third kappa shape index (κ3) is 8.39. The van der Waals surface area contributed by atoms with E-state index in [-0.39, 0.29) is 5.91 Å². The molecular formula is C33H38N5O6P. The number of hydrogen-bond donors (Lipinski definition) is 3. The van der Waals surface area contributed by atoms with E-state index in [1.54, 1.807) is 18.2 Å². The Morgan fingerprint density at radius 2 is 1.89 bits per heavy atom. The van der Waals surface area contributed by atoms with Gasteiger partial charge >= 0.3 is 13.6 Å². The number of amides is 3. The van der Waals surface area contributed by atoms with Crippen molar-refractivity contribution in [2.24, 2.45) is 0 Å². The number of nitrogens with one attached hydrogen (secondary N) is 2. The molecule has 11 nitrogen and oxygen atoms in total. The van der Waals surface area contributed by atoms with Crippen molar-refractivity contribution in [1.82, 2.24) is 15.3 Å². The summed E-state index contributed by atoms with van der Waals surface area (Å²) in [5.41, 5.74) is 9.71. The summed E-state index contributed by atoms with van der Waals surface area (Å²) >= 11 is 0. The Morgan fingerprint density at radius 1 is 1.09 bits per heavy atom. The van der Waals surface area contributed by atoms with Gasteiger partial charge in [-0.05, 0) is 85.2 Å². The van der Waals surface area contributed by atoms with E-state index in [0.29, 0.717) is 38.2 Å². The highest BCUT2D eigenvalue weighted by Crippen LogP contribution is 2.36.